The average Bonchev–Trinajstić information content (AvgIpc) is 2.58. The Morgan fingerprint density at radius 3 is 3.07 bits per heavy atom. The zero-order chi connectivity index (χ0) is 9.38. The quantitative estimate of drug-likeness (QED) is 0.524. The summed E-state index contributed by atoms with van der Waals surface area (Å²) in [4.78, 5) is 4.41. The van der Waals surface area contributed by atoms with Gasteiger partial charge in [-0.15, -0.1) is 0 Å². The molecule has 2 heterocycles. The molecule has 1 aliphatic rings. The Morgan fingerprint density at radius 2 is 2.07 bits per heavy atom. The number of rotatable bonds is 0. The molecule has 2 aromatic rings. The van der Waals surface area contributed by atoms with E-state index in [0.29, 0.717) is 0 Å². The summed E-state index contributed by atoms with van der Waals surface area (Å²) in [5.74, 6) is 0. The van der Waals surface area contributed by atoms with Gasteiger partial charge in [-0.3, -0.25) is 9.67 Å². The number of hydrogen-bond donors (Lipinski definition) is 0. The summed E-state index contributed by atoms with van der Waals surface area (Å²) in [5, 5.41) is 4.24. The van der Waals surface area contributed by atoms with Crippen molar-refractivity contribution in [2.75, 3.05) is 0 Å². The highest BCUT2D eigenvalue weighted by Crippen LogP contribution is 2.22. The number of nitrogens with zero attached hydrogens (tertiary/aromatic N) is 3. The summed E-state index contributed by atoms with van der Waals surface area (Å²) in [6.07, 6.45) is 3.66. The second-order valence-corrected chi connectivity index (χ2v) is 3.30. The van der Waals surface area contributed by atoms with Gasteiger partial charge in [0.25, 0.3) is 0 Å². The van der Waals surface area contributed by atoms with Gasteiger partial charge in [0, 0.05) is 6.20 Å². The maximum atomic E-state index is 4.41. The molecule has 0 spiro atoms. The van der Waals surface area contributed by atoms with Crippen LogP contribution >= 0.6 is 0 Å². The molecule has 0 saturated heterocycles. The zero-order valence-corrected chi connectivity index (χ0v) is 7.59. The first-order chi connectivity index (χ1) is 6.93. The normalized spacial score (nSPS) is 13.1. The van der Waals surface area contributed by atoms with Gasteiger partial charge in [-0.2, -0.15) is 5.10 Å². The van der Waals surface area contributed by atoms with Crippen molar-refractivity contribution < 1.29 is 0 Å². The molecule has 0 N–H and O–H groups in total. The largest absolute Gasteiger partial charge is 0.259 e. The number of aromatic nitrogens is 2. The summed E-state index contributed by atoms with van der Waals surface area (Å²) >= 11 is 0. The smallest absolute Gasteiger partial charge is 0.0796 e. The van der Waals surface area contributed by atoms with E-state index in [2.05, 4.69) is 16.2 Å². The fraction of sp³-hybridized carbons (Fsp3) is 0.0909. The third kappa shape index (κ3) is 1.06. The highest BCUT2D eigenvalue weighted by atomic mass is 15.3. The third-order valence-electron chi connectivity index (χ3n) is 2.40. The first kappa shape index (κ1) is 7.50. The van der Waals surface area contributed by atoms with Gasteiger partial charge < -0.3 is 0 Å². The fourth-order valence-corrected chi connectivity index (χ4v) is 1.65. The number of aliphatic imine (C=N–C) groups is 1. The minimum Gasteiger partial charge on any atom is -0.259 e. The van der Waals surface area contributed by atoms with Crippen molar-refractivity contribution in [2.24, 2.45) is 4.99 Å². The Labute approximate surface area is 81.7 Å². The monoisotopic (exact) mass is 183 g/mol. The Bertz CT molecular complexity index is 497. The molecule has 0 atom stereocenters. The molecule has 1 aromatic heterocycles. The van der Waals surface area contributed by atoms with E-state index >= 15 is 0 Å². The van der Waals surface area contributed by atoms with Crippen LogP contribution in [0.3, 0.4) is 0 Å². The van der Waals surface area contributed by atoms with E-state index in [9.17, 15) is 0 Å². The number of benzene rings is 1. The lowest BCUT2D eigenvalue weighted by molar-refractivity contribution is 0.686. The summed E-state index contributed by atoms with van der Waals surface area (Å²) < 4.78 is 1.95. The molecular weight excluding hydrogens is 174 g/mol. The molecular formula is C11H9N3. The summed E-state index contributed by atoms with van der Waals surface area (Å²) in [6.45, 7) is 0.804. The molecule has 3 heteroatoms. The Balaban J connectivity index is 2.19. The van der Waals surface area contributed by atoms with Gasteiger partial charge in [-0.1, -0.05) is 18.2 Å². The molecule has 0 aliphatic carbocycles. The second-order valence-electron chi connectivity index (χ2n) is 3.30. The van der Waals surface area contributed by atoms with Crippen LogP contribution in [0.5, 0.6) is 0 Å². The van der Waals surface area contributed by atoms with E-state index in [4.69, 9.17) is 0 Å². The topological polar surface area (TPSA) is 30.2 Å². The van der Waals surface area contributed by atoms with E-state index in [1.807, 2.05) is 35.2 Å². The minimum atomic E-state index is 0.804. The molecule has 0 amide bonds. The van der Waals surface area contributed by atoms with Crippen LogP contribution in [-0.2, 0) is 6.54 Å². The Hall–Kier alpha value is -1.90. The summed E-state index contributed by atoms with van der Waals surface area (Å²) in [7, 11) is 0. The van der Waals surface area contributed by atoms with Crippen LogP contribution in [-0.4, -0.2) is 16.0 Å². The molecule has 0 bridgehead atoms. The third-order valence-corrected chi connectivity index (χ3v) is 2.40. The zero-order valence-electron chi connectivity index (χ0n) is 7.59. The fourth-order valence-electron chi connectivity index (χ4n) is 1.65. The predicted molar refractivity (Wildman–Crippen MR) is 55.0 cm³/mol. The highest BCUT2D eigenvalue weighted by molar-refractivity contribution is 5.81. The van der Waals surface area contributed by atoms with Gasteiger partial charge in [0.1, 0.15) is 0 Å². The van der Waals surface area contributed by atoms with Crippen LogP contribution in [0.4, 0.5) is 5.69 Å². The summed E-state index contributed by atoms with van der Waals surface area (Å²) in [6, 6.07) is 10.1. The van der Waals surface area contributed by atoms with Crippen LogP contribution in [0, 0.1) is 0 Å². The molecule has 3 nitrogen and oxygen atoms in total. The van der Waals surface area contributed by atoms with Crippen LogP contribution in [0.1, 0.15) is 11.3 Å². The van der Waals surface area contributed by atoms with Crippen molar-refractivity contribution in [3.05, 3.63) is 47.8 Å². The second kappa shape index (κ2) is 2.80. The highest BCUT2D eigenvalue weighted by Gasteiger charge is 2.08. The van der Waals surface area contributed by atoms with Crippen molar-refractivity contribution in [1.29, 1.82) is 0 Å². The molecule has 1 aromatic carbocycles. The molecule has 14 heavy (non-hydrogen) atoms. The maximum absolute atomic E-state index is 4.41. The molecule has 3 rings (SSSR count). The lowest BCUT2D eigenvalue weighted by atomic mass is 10.2. The molecule has 0 unspecified atom stereocenters. The Kier molecular flexibility index (Phi) is 1.50. The van der Waals surface area contributed by atoms with Gasteiger partial charge in [0.05, 0.1) is 24.1 Å². The lowest BCUT2D eigenvalue weighted by Crippen LogP contribution is -2.03. The van der Waals surface area contributed by atoms with E-state index in [1.165, 1.54) is 5.56 Å². The van der Waals surface area contributed by atoms with Gasteiger partial charge in [0.2, 0.25) is 0 Å². The molecule has 0 fully saturated rings. The van der Waals surface area contributed by atoms with E-state index in [0.717, 1.165) is 17.9 Å². The van der Waals surface area contributed by atoms with Gasteiger partial charge in [-0.25, -0.2) is 0 Å². The Morgan fingerprint density at radius 1 is 1.14 bits per heavy atom. The SMILES string of the molecule is C1=Nc2ccccc2Cn2nccc21. The molecule has 0 saturated carbocycles. The molecule has 1 aliphatic heterocycles. The number of para-hydroxylation sites is 1. The lowest BCUT2D eigenvalue weighted by Gasteiger charge is -2.03. The minimum absolute atomic E-state index is 0.804. The van der Waals surface area contributed by atoms with E-state index < -0.39 is 0 Å². The van der Waals surface area contributed by atoms with Crippen molar-refractivity contribution in [1.82, 2.24) is 9.78 Å². The van der Waals surface area contributed by atoms with Crippen LogP contribution < -0.4 is 0 Å². The first-order valence-electron chi connectivity index (χ1n) is 4.57. The standard InChI is InChI=1S/C11H9N3/c1-2-4-11-9(3-1)8-14-10(7-12-11)5-6-13-14/h1-7H,8H2. The van der Waals surface area contributed by atoms with Crippen LogP contribution in [0.2, 0.25) is 0 Å². The summed E-state index contributed by atoms with van der Waals surface area (Å²) in [5.41, 5.74) is 3.31. The van der Waals surface area contributed by atoms with Gasteiger partial charge >= 0.3 is 0 Å². The number of hydrogen-bond acceptors (Lipinski definition) is 2. The van der Waals surface area contributed by atoms with Gasteiger partial charge in [-0.05, 0) is 17.7 Å². The van der Waals surface area contributed by atoms with Crippen molar-refractivity contribution in [3.63, 3.8) is 0 Å². The number of fused-ring (bicyclic) bond motifs is 2. The average molecular weight is 183 g/mol. The van der Waals surface area contributed by atoms with Crippen molar-refractivity contribution >= 4 is 11.9 Å². The maximum Gasteiger partial charge on any atom is 0.0796 e. The first-order valence-corrected chi connectivity index (χ1v) is 4.57. The van der Waals surface area contributed by atoms with Crippen molar-refractivity contribution in [2.45, 2.75) is 6.54 Å². The predicted octanol–water partition coefficient (Wildman–Crippen LogP) is 2.00. The van der Waals surface area contributed by atoms with Crippen LogP contribution in [0.25, 0.3) is 0 Å². The van der Waals surface area contributed by atoms with Gasteiger partial charge in [0.15, 0.2) is 0 Å². The molecule has 68 valence electrons. The van der Waals surface area contributed by atoms with E-state index in [1.54, 1.807) is 6.20 Å². The molecule has 0 radical (unpaired) electrons. The van der Waals surface area contributed by atoms with Crippen molar-refractivity contribution in [3.8, 4) is 0 Å². The van der Waals surface area contributed by atoms with E-state index in [-0.39, 0.29) is 0 Å². The van der Waals surface area contributed by atoms with Crippen LogP contribution in [0.15, 0.2) is 41.5 Å².